The number of nitrogens with zero attached hydrogens (tertiary/aromatic N) is 2. The highest BCUT2D eigenvalue weighted by Crippen LogP contribution is 2.39. The Labute approximate surface area is 374 Å². The molecule has 0 atom stereocenters. The Morgan fingerprint density at radius 2 is 0.850 bits per heavy atom. The van der Waals surface area contributed by atoms with Crippen LogP contribution in [0, 0.1) is 0 Å². The molecule has 0 fully saturated rings. The molecular formula is C38H4B18N2OS. The summed E-state index contributed by atoms with van der Waals surface area (Å²) in [5.74, 6) is 0. The van der Waals surface area contributed by atoms with Crippen LogP contribution in [-0.2, 0) is 0 Å². The first-order valence-electron chi connectivity index (χ1n) is 17.7. The van der Waals surface area contributed by atoms with Crippen LogP contribution in [0.2, 0.25) is 0 Å². The Morgan fingerprint density at radius 3 is 1.47 bits per heavy atom. The molecule has 0 saturated carbocycles. The summed E-state index contributed by atoms with van der Waals surface area (Å²) < 4.78 is 7.73. The molecule has 22 heteroatoms. The molecule has 9 aromatic rings. The van der Waals surface area contributed by atoms with Crippen molar-refractivity contribution in [3.8, 4) is 33.5 Å². The van der Waals surface area contributed by atoms with Crippen LogP contribution in [0.3, 0.4) is 0 Å². The van der Waals surface area contributed by atoms with Crippen molar-refractivity contribution in [2.75, 3.05) is 0 Å². The maximum absolute atomic E-state index is 7.09. The maximum Gasteiger partial charge on any atom is 0.141 e. The summed E-state index contributed by atoms with van der Waals surface area (Å²) in [5, 5.41) is 1.92. The molecule has 0 spiro atoms. The minimum Gasteiger partial charge on any atom is -0.456 e. The van der Waals surface area contributed by atoms with E-state index in [1.807, 2.05) is 18.2 Å². The van der Waals surface area contributed by atoms with Crippen LogP contribution in [0.4, 0.5) is 0 Å². The van der Waals surface area contributed by atoms with E-state index in [1.54, 1.807) is 0 Å². The summed E-state index contributed by atoms with van der Waals surface area (Å²) in [7, 11) is 117. The molecule has 36 radical (unpaired) electrons. The lowest BCUT2D eigenvalue weighted by Gasteiger charge is -2.25. The summed E-state index contributed by atoms with van der Waals surface area (Å²) in [6.07, 6.45) is 1.36. The predicted octanol–water partition coefficient (Wildman–Crippen LogP) is -10.8. The summed E-state index contributed by atoms with van der Waals surface area (Å²) in [5.41, 5.74) is 3.40. The third-order valence-corrected chi connectivity index (χ3v) is 12.5. The standard InChI is InChI=1S/C38H4B18N2OS/c39-16-11(12-22(45)28(51)23(46)13-14-24(47)31(54)32(55)33(56)37(14)59-36(12)13)21(44)27(50)25(48)15(16)35-38-34(57-4-58-35)6-3-5(1-2-7(6)60-38)8-9-10(19(42)26(49)17(8)40)20(43)30(53)29(52)18(9)41/h1-4H. The minimum absolute atomic E-state index is 0.0134. The molecular weight excluding hydrogens is 727 g/mol. The zero-order valence-electron chi connectivity index (χ0n) is 31.4. The largest absolute Gasteiger partial charge is 0.456 e. The Bertz CT molecular complexity index is 3480. The van der Waals surface area contributed by atoms with Gasteiger partial charge < -0.3 is 4.42 Å². The van der Waals surface area contributed by atoms with Gasteiger partial charge in [-0.05, 0) is 45.2 Å². The van der Waals surface area contributed by atoms with Gasteiger partial charge in [-0.3, -0.25) is 0 Å². The second-order valence-corrected chi connectivity index (χ2v) is 15.5. The molecule has 0 N–H and O–H groups in total. The van der Waals surface area contributed by atoms with Crippen molar-refractivity contribution in [1.82, 2.24) is 9.97 Å². The number of rotatable bonds is 3. The van der Waals surface area contributed by atoms with Gasteiger partial charge in [-0.15, -0.1) is 49.6 Å². The van der Waals surface area contributed by atoms with Gasteiger partial charge in [0.05, 0.1) is 15.9 Å². The Balaban J connectivity index is 1.33. The quantitative estimate of drug-likeness (QED) is 0.170. The Hall–Kier alpha value is -4.15. The topological polar surface area (TPSA) is 38.9 Å². The molecule has 6 aromatic carbocycles. The van der Waals surface area contributed by atoms with Crippen molar-refractivity contribution in [3.63, 3.8) is 0 Å². The van der Waals surface area contributed by atoms with E-state index in [4.69, 9.17) is 146 Å². The first-order chi connectivity index (χ1) is 28.3. The van der Waals surface area contributed by atoms with Crippen molar-refractivity contribution in [2.45, 2.75) is 0 Å². The zero-order valence-corrected chi connectivity index (χ0v) is 32.2. The highest BCUT2D eigenvalue weighted by atomic mass is 32.1. The second-order valence-electron chi connectivity index (χ2n) is 14.4. The van der Waals surface area contributed by atoms with Gasteiger partial charge in [-0.25, -0.2) is 9.97 Å². The van der Waals surface area contributed by atoms with Gasteiger partial charge in [-0.2, -0.15) is 0 Å². The fourth-order valence-corrected chi connectivity index (χ4v) is 9.26. The summed E-state index contributed by atoms with van der Waals surface area (Å²) in [6.45, 7) is 0. The van der Waals surface area contributed by atoms with Crippen molar-refractivity contribution < 1.29 is 4.42 Å². The first kappa shape index (κ1) is 41.2. The SMILES string of the molecule is [B]c1c([B])c(-c2c([B])c([B])c([B])c3c2oc2c([B])c([B])c([B])c([B])c23)c([B])c(-c2ncnc3c2sc2ccc(-c4c([B])c([B])c([B])c5c([B])c([B])c([B])c([B])c45)cc23)c1[B]. The smallest absolute Gasteiger partial charge is 0.141 e. The highest BCUT2D eigenvalue weighted by molar-refractivity contribution is 7.26. The average molecular weight is 731 g/mol. The third-order valence-electron chi connectivity index (χ3n) is 11.4. The number of furan rings is 1. The molecule has 9 rings (SSSR count). The van der Waals surface area contributed by atoms with Crippen molar-refractivity contribution >= 4 is 304 Å². The molecule has 0 amide bonds. The number of hydrogen-bond acceptors (Lipinski definition) is 4. The minimum atomic E-state index is -0.0347. The first-order valence-corrected chi connectivity index (χ1v) is 18.5. The number of thiophene rings is 1. The fraction of sp³-hybridized carbons (Fsp3) is 0. The Morgan fingerprint density at radius 1 is 0.383 bits per heavy atom. The molecule has 3 heterocycles. The highest BCUT2D eigenvalue weighted by Gasteiger charge is 2.27. The van der Waals surface area contributed by atoms with Crippen molar-refractivity contribution in [1.29, 1.82) is 0 Å². The normalized spacial score (nSPS) is 11.9. The summed E-state index contributed by atoms with van der Waals surface area (Å²) in [4.78, 5) is 9.34. The predicted molar refractivity (Wildman–Crippen MR) is 273 cm³/mol. The molecule has 0 aliphatic heterocycles. The van der Waals surface area contributed by atoms with Gasteiger partial charge in [0, 0.05) is 26.4 Å². The maximum atomic E-state index is 7.09. The monoisotopic (exact) mass is 734 g/mol. The fourth-order valence-electron chi connectivity index (χ4n) is 8.12. The average Bonchev–Trinajstić information content (AvgIpc) is 3.82. The molecule has 0 unspecified atom stereocenters. The van der Waals surface area contributed by atoms with E-state index in [0.717, 1.165) is 4.70 Å². The second kappa shape index (κ2) is 14.2. The van der Waals surface area contributed by atoms with E-state index in [9.17, 15) is 0 Å². The molecule has 0 bridgehead atoms. The molecule has 0 aliphatic carbocycles. The van der Waals surface area contributed by atoms with E-state index in [0.29, 0.717) is 43.2 Å². The van der Waals surface area contributed by atoms with Gasteiger partial charge in [0.2, 0.25) is 0 Å². The number of benzene rings is 6. The van der Waals surface area contributed by atoms with Crippen LogP contribution in [0.25, 0.3) is 86.5 Å². The molecule has 3 aromatic heterocycles. The van der Waals surface area contributed by atoms with Gasteiger partial charge in [0.25, 0.3) is 0 Å². The lowest BCUT2D eigenvalue weighted by Crippen LogP contribution is -2.52. The van der Waals surface area contributed by atoms with Crippen LogP contribution < -0.4 is 98.3 Å². The molecule has 0 aliphatic rings. The number of fused-ring (bicyclic) bond motifs is 7. The van der Waals surface area contributed by atoms with Crippen molar-refractivity contribution in [2.24, 2.45) is 0 Å². The number of aromatic nitrogens is 2. The van der Waals surface area contributed by atoms with Crippen LogP contribution in [0.1, 0.15) is 0 Å². The van der Waals surface area contributed by atoms with E-state index in [1.165, 1.54) is 17.7 Å². The molecule has 3 nitrogen and oxygen atoms in total. The third kappa shape index (κ3) is 5.40. The Kier molecular flexibility index (Phi) is 9.75. The zero-order chi connectivity index (χ0) is 43.3. The van der Waals surface area contributed by atoms with Gasteiger partial charge in [0.1, 0.15) is 159 Å². The van der Waals surface area contributed by atoms with Gasteiger partial charge >= 0.3 is 0 Å². The van der Waals surface area contributed by atoms with Crippen molar-refractivity contribution in [3.05, 3.63) is 24.5 Å². The number of hydrogen-bond donors (Lipinski definition) is 0. The van der Waals surface area contributed by atoms with Crippen LogP contribution >= 0.6 is 11.3 Å². The molecule has 0 saturated heterocycles. The van der Waals surface area contributed by atoms with E-state index in [-0.39, 0.29) is 137 Å². The lowest BCUT2D eigenvalue weighted by atomic mass is 9.59. The van der Waals surface area contributed by atoms with E-state index >= 15 is 0 Å². The van der Waals surface area contributed by atoms with Crippen LogP contribution in [0.5, 0.6) is 0 Å². The lowest BCUT2D eigenvalue weighted by molar-refractivity contribution is 0.673. The van der Waals surface area contributed by atoms with Gasteiger partial charge in [0.15, 0.2) is 0 Å². The van der Waals surface area contributed by atoms with Gasteiger partial charge in [-0.1, -0.05) is 66.2 Å². The van der Waals surface area contributed by atoms with E-state index < -0.39 is 0 Å². The van der Waals surface area contributed by atoms with Crippen LogP contribution in [-0.4, -0.2) is 151 Å². The summed E-state index contributed by atoms with van der Waals surface area (Å²) in [6, 6.07) is 5.58. The van der Waals surface area contributed by atoms with E-state index in [2.05, 4.69) is 9.97 Å². The van der Waals surface area contributed by atoms with Crippen LogP contribution in [0.15, 0.2) is 28.9 Å². The molecule has 232 valence electrons. The molecule has 60 heavy (non-hydrogen) atoms. The summed E-state index contributed by atoms with van der Waals surface area (Å²) >= 11 is 1.36.